The fourth-order valence-corrected chi connectivity index (χ4v) is 6.05. The van der Waals surface area contributed by atoms with E-state index in [1.54, 1.807) is 24.5 Å². The molecule has 1 fully saturated rings. The number of carboxylic acid groups (broad SMARTS) is 1. The molecule has 0 bridgehead atoms. The Morgan fingerprint density at radius 3 is 2.40 bits per heavy atom. The van der Waals surface area contributed by atoms with Crippen molar-refractivity contribution < 1.29 is 14.3 Å². The number of anilines is 3. The molecule has 1 aromatic carbocycles. The van der Waals surface area contributed by atoms with E-state index in [4.69, 9.17) is 15.1 Å². The number of carboxylic acids is 1. The van der Waals surface area contributed by atoms with Crippen LogP contribution in [-0.2, 0) is 11.2 Å². The molecule has 0 aliphatic carbocycles. The van der Waals surface area contributed by atoms with Crippen LogP contribution in [0.5, 0.6) is 0 Å². The molecule has 0 unspecified atom stereocenters. The minimum atomic E-state index is -0.822. The number of hydrogen-bond donors (Lipinski definition) is 1. The number of fused-ring (bicyclic) bond motifs is 1. The van der Waals surface area contributed by atoms with Crippen molar-refractivity contribution in [1.82, 2.24) is 29.2 Å². The largest absolute Gasteiger partial charge is 0.480 e. The second-order valence-corrected chi connectivity index (χ2v) is 11.1. The van der Waals surface area contributed by atoms with Crippen LogP contribution in [0.4, 0.5) is 21.3 Å². The van der Waals surface area contributed by atoms with Crippen LogP contribution in [0.1, 0.15) is 17.5 Å². The topological polar surface area (TPSA) is 127 Å². The Morgan fingerprint density at radius 2 is 1.74 bits per heavy atom. The highest BCUT2D eigenvalue weighted by Gasteiger charge is 2.23. The zero-order chi connectivity index (χ0) is 30.1. The number of aryl methyl sites for hydroxylation is 1. The lowest BCUT2D eigenvalue weighted by Gasteiger charge is -2.33. The first kappa shape index (κ1) is 28.2. The van der Waals surface area contributed by atoms with Gasteiger partial charge in [-0.15, -0.1) is 0 Å². The third-order valence-corrected chi connectivity index (χ3v) is 8.46. The number of imidazole rings is 1. The minimum Gasteiger partial charge on any atom is -0.480 e. The molecule has 1 N–H and O–H groups in total. The van der Waals surface area contributed by atoms with E-state index in [1.165, 1.54) is 23.5 Å². The van der Waals surface area contributed by atoms with Gasteiger partial charge in [0.25, 0.3) is 0 Å². The van der Waals surface area contributed by atoms with Crippen LogP contribution in [0.25, 0.3) is 28.0 Å². The summed E-state index contributed by atoms with van der Waals surface area (Å²) >= 11 is 1.27. The monoisotopic (exact) mass is 597 g/mol. The normalized spacial score (nSPS) is 13.8. The van der Waals surface area contributed by atoms with Crippen LogP contribution in [0.3, 0.4) is 0 Å². The molecule has 0 radical (unpaired) electrons. The molecule has 4 aromatic heterocycles. The highest BCUT2D eigenvalue weighted by molar-refractivity contribution is 7.16. The van der Waals surface area contributed by atoms with Gasteiger partial charge < -0.3 is 14.9 Å². The second kappa shape index (κ2) is 11.7. The van der Waals surface area contributed by atoms with Gasteiger partial charge >= 0.3 is 5.97 Å². The van der Waals surface area contributed by atoms with E-state index in [0.29, 0.717) is 59.8 Å². The van der Waals surface area contributed by atoms with Crippen molar-refractivity contribution in [3.63, 3.8) is 0 Å². The molecule has 5 heterocycles. The van der Waals surface area contributed by atoms with Gasteiger partial charge in [0.2, 0.25) is 5.95 Å². The lowest BCUT2D eigenvalue weighted by atomic mass is 10.1. The third-order valence-electron chi connectivity index (χ3n) is 7.42. The number of benzene rings is 1. The van der Waals surface area contributed by atoms with Gasteiger partial charge in [-0.1, -0.05) is 18.3 Å². The Bertz CT molecular complexity index is 1820. The number of pyridine rings is 1. The molecule has 0 atom stereocenters. The first-order valence-electron chi connectivity index (χ1n) is 13.8. The smallest absolute Gasteiger partial charge is 0.317 e. The number of piperazine rings is 1. The van der Waals surface area contributed by atoms with Crippen molar-refractivity contribution in [3.05, 3.63) is 71.4 Å². The van der Waals surface area contributed by atoms with Gasteiger partial charge in [0.05, 0.1) is 12.2 Å². The third kappa shape index (κ3) is 5.62. The number of nitrogens with zero attached hydrogens (tertiary/aromatic N) is 9. The summed E-state index contributed by atoms with van der Waals surface area (Å²) in [6, 6.07) is 12.1. The zero-order valence-electron chi connectivity index (χ0n) is 23.6. The van der Waals surface area contributed by atoms with Gasteiger partial charge in [-0.2, -0.15) is 5.26 Å². The average Bonchev–Trinajstić information content (AvgIpc) is 3.63. The predicted molar refractivity (Wildman–Crippen MR) is 162 cm³/mol. The van der Waals surface area contributed by atoms with E-state index in [0.717, 1.165) is 28.3 Å². The van der Waals surface area contributed by atoms with Gasteiger partial charge in [-0.3, -0.25) is 14.1 Å². The number of halogens is 1. The summed E-state index contributed by atoms with van der Waals surface area (Å²) in [5, 5.41) is 19.5. The molecule has 43 heavy (non-hydrogen) atoms. The molecule has 1 aliphatic heterocycles. The summed E-state index contributed by atoms with van der Waals surface area (Å²) in [6.07, 6.45) is 6.28. The van der Waals surface area contributed by atoms with Gasteiger partial charge in [0.15, 0.2) is 5.13 Å². The fourth-order valence-electron chi connectivity index (χ4n) is 5.20. The number of carbonyl (C=O) groups is 1. The Balaban J connectivity index is 1.29. The Hall–Kier alpha value is -4.93. The Labute approximate surface area is 251 Å². The SMILES string of the molecule is CCc1nc2ccc(-c3cnc(N4CCN(CC(=O)O)CC4)nc3)cn2c1N(C)c1nc(-c2ccc(F)cc2)c(C#N)s1. The van der Waals surface area contributed by atoms with Gasteiger partial charge in [0.1, 0.15) is 33.9 Å². The van der Waals surface area contributed by atoms with Crippen LogP contribution in [0.15, 0.2) is 55.0 Å². The number of thiazole rings is 1. The Morgan fingerprint density at radius 1 is 1.05 bits per heavy atom. The number of hydrogen-bond acceptors (Lipinski definition) is 10. The molecule has 218 valence electrons. The van der Waals surface area contributed by atoms with Gasteiger partial charge in [-0.05, 0) is 42.8 Å². The summed E-state index contributed by atoms with van der Waals surface area (Å²) in [5.74, 6) is 0.280. The lowest BCUT2D eigenvalue weighted by Crippen LogP contribution is -2.48. The number of aromatic nitrogens is 5. The molecule has 13 heteroatoms. The van der Waals surface area contributed by atoms with Crippen LogP contribution in [0.2, 0.25) is 0 Å². The highest BCUT2D eigenvalue weighted by Crippen LogP contribution is 2.37. The van der Waals surface area contributed by atoms with Crippen LogP contribution in [-0.4, -0.2) is 80.1 Å². The van der Waals surface area contributed by atoms with E-state index in [1.807, 2.05) is 46.5 Å². The summed E-state index contributed by atoms with van der Waals surface area (Å²) in [5.41, 5.74) is 4.59. The molecule has 0 spiro atoms. The highest BCUT2D eigenvalue weighted by atomic mass is 32.1. The van der Waals surface area contributed by atoms with Crippen molar-refractivity contribution in [2.24, 2.45) is 0 Å². The molecule has 11 nitrogen and oxygen atoms in total. The summed E-state index contributed by atoms with van der Waals surface area (Å²) in [6.45, 7) is 4.70. The second-order valence-electron chi connectivity index (χ2n) is 10.2. The maximum absolute atomic E-state index is 13.5. The predicted octanol–water partition coefficient (Wildman–Crippen LogP) is 4.46. The summed E-state index contributed by atoms with van der Waals surface area (Å²) in [7, 11) is 1.90. The first-order valence-corrected chi connectivity index (χ1v) is 14.6. The van der Waals surface area contributed by atoms with E-state index in [9.17, 15) is 14.4 Å². The molecule has 5 aromatic rings. The average molecular weight is 598 g/mol. The maximum Gasteiger partial charge on any atom is 0.317 e. The zero-order valence-corrected chi connectivity index (χ0v) is 24.4. The summed E-state index contributed by atoms with van der Waals surface area (Å²) in [4.78, 5) is 36.2. The maximum atomic E-state index is 13.5. The first-order chi connectivity index (χ1) is 20.8. The minimum absolute atomic E-state index is 0.0404. The fraction of sp³-hybridized carbons (Fsp3) is 0.267. The van der Waals surface area contributed by atoms with E-state index in [2.05, 4.69) is 20.9 Å². The Kier molecular flexibility index (Phi) is 7.71. The quantitative estimate of drug-likeness (QED) is 0.274. The van der Waals surface area contributed by atoms with E-state index < -0.39 is 5.97 Å². The molecular formula is C30H28FN9O2S. The van der Waals surface area contributed by atoms with E-state index in [-0.39, 0.29) is 12.4 Å². The van der Waals surface area contributed by atoms with Crippen molar-refractivity contribution >= 4 is 39.9 Å². The van der Waals surface area contributed by atoms with Crippen LogP contribution < -0.4 is 9.80 Å². The molecule has 1 saturated heterocycles. The van der Waals surface area contributed by atoms with Crippen molar-refractivity contribution in [2.45, 2.75) is 13.3 Å². The van der Waals surface area contributed by atoms with Crippen molar-refractivity contribution in [3.8, 4) is 28.5 Å². The van der Waals surface area contributed by atoms with Crippen molar-refractivity contribution in [2.75, 3.05) is 49.6 Å². The summed E-state index contributed by atoms with van der Waals surface area (Å²) < 4.78 is 15.5. The molecule has 1 aliphatic rings. The number of nitriles is 1. The van der Waals surface area contributed by atoms with Crippen molar-refractivity contribution in [1.29, 1.82) is 5.26 Å². The molecule has 0 saturated carbocycles. The van der Waals surface area contributed by atoms with Crippen LogP contribution >= 0.6 is 11.3 Å². The molecule has 6 rings (SSSR count). The van der Waals surface area contributed by atoms with Crippen LogP contribution in [0, 0.1) is 17.1 Å². The number of rotatable bonds is 8. The molecular weight excluding hydrogens is 569 g/mol. The van der Waals surface area contributed by atoms with Gasteiger partial charge in [-0.25, -0.2) is 24.3 Å². The lowest BCUT2D eigenvalue weighted by molar-refractivity contribution is -0.138. The van der Waals surface area contributed by atoms with Gasteiger partial charge in [0, 0.05) is 68.5 Å². The standard InChI is InChI=1S/C30H28FN9O2S/c1-3-23-28(37(2)30-36-27(24(14-32)43-30)19-4-7-22(31)8-5-19)40-17-20(6-9-25(40)35-23)21-15-33-29(34-16-21)39-12-10-38(11-13-39)18-26(41)42/h4-9,15-17H,3,10-13,18H2,1-2H3,(H,41,42). The number of aliphatic carboxylic acids is 1. The van der Waals surface area contributed by atoms with E-state index >= 15 is 0 Å². The molecule has 0 amide bonds.